The van der Waals surface area contributed by atoms with Crippen LogP contribution in [0, 0.1) is 0 Å². The maximum atomic E-state index is 10.9. The topological polar surface area (TPSA) is 52.6 Å². The van der Waals surface area contributed by atoms with Crippen molar-refractivity contribution in [1.29, 1.82) is 0 Å². The highest BCUT2D eigenvalue weighted by Gasteiger charge is 2.12. The Bertz CT molecular complexity index is 342. The van der Waals surface area contributed by atoms with E-state index < -0.39 is 0 Å². The van der Waals surface area contributed by atoms with Gasteiger partial charge in [0.2, 0.25) is 0 Å². The Hall–Kier alpha value is -1.58. The fourth-order valence-corrected chi connectivity index (χ4v) is 1.37. The van der Waals surface area contributed by atoms with E-state index in [0.29, 0.717) is 6.42 Å². The lowest BCUT2D eigenvalue weighted by Crippen LogP contribution is -2.17. The summed E-state index contributed by atoms with van der Waals surface area (Å²) in [6.07, 6.45) is 3.06. The van der Waals surface area contributed by atoms with E-state index in [1.54, 1.807) is 0 Å². The van der Waals surface area contributed by atoms with Crippen molar-refractivity contribution in [2.24, 2.45) is 0 Å². The van der Waals surface area contributed by atoms with E-state index >= 15 is 0 Å². The summed E-state index contributed by atoms with van der Waals surface area (Å²) in [4.78, 5) is 21.5. The Morgan fingerprint density at radius 1 is 1.17 bits per heavy atom. The molecule has 1 unspecified atom stereocenters. The van der Waals surface area contributed by atoms with Crippen LogP contribution in [-0.2, 0) is 19.1 Å². The number of carbonyl (C=O) groups excluding carboxylic acids is 2. The maximum absolute atomic E-state index is 10.9. The van der Waals surface area contributed by atoms with Gasteiger partial charge in [0.25, 0.3) is 0 Å². The zero-order valence-electron chi connectivity index (χ0n) is 11.6. The minimum absolute atomic E-state index is 0.250. The van der Waals surface area contributed by atoms with Gasteiger partial charge in [-0.1, -0.05) is 12.2 Å². The average molecular weight is 254 g/mol. The standard InChI is InChI=1S/C14H22O4/c1-10(2)14(18-13(5)16)7-6-11(3)8-9-17-12(4)15/h8,14H,1,6-7,9H2,2-5H3/b11-8+. The van der Waals surface area contributed by atoms with Gasteiger partial charge in [-0.3, -0.25) is 9.59 Å². The predicted octanol–water partition coefficient (Wildman–Crippen LogP) is 2.78. The molecule has 0 bridgehead atoms. The molecule has 1 atom stereocenters. The van der Waals surface area contributed by atoms with E-state index in [9.17, 15) is 9.59 Å². The molecule has 0 radical (unpaired) electrons. The molecular weight excluding hydrogens is 232 g/mol. The Balaban J connectivity index is 4.13. The number of carbonyl (C=O) groups is 2. The molecule has 0 aromatic rings. The van der Waals surface area contributed by atoms with Gasteiger partial charge in [0, 0.05) is 13.8 Å². The Morgan fingerprint density at radius 2 is 1.78 bits per heavy atom. The first-order valence-corrected chi connectivity index (χ1v) is 5.94. The van der Waals surface area contributed by atoms with Crippen molar-refractivity contribution in [3.63, 3.8) is 0 Å². The number of hydrogen-bond donors (Lipinski definition) is 0. The summed E-state index contributed by atoms with van der Waals surface area (Å²) in [5.74, 6) is -0.594. The van der Waals surface area contributed by atoms with Crippen LogP contribution in [-0.4, -0.2) is 24.6 Å². The first-order valence-electron chi connectivity index (χ1n) is 5.94. The molecule has 0 saturated carbocycles. The molecule has 0 amide bonds. The Labute approximate surface area is 109 Å². The van der Waals surface area contributed by atoms with Crippen LogP contribution >= 0.6 is 0 Å². The van der Waals surface area contributed by atoms with Crippen LogP contribution in [0.25, 0.3) is 0 Å². The van der Waals surface area contributed by atoms with Gasteiger partial charge in [0.1, 0.15) is 12.7 Å². The zero-order valence-corrected chi connectivity index (χ0v) is 11.6. The largest absolute Gasteiger partial charge is 0.462 e. The highest BCUT2D eigenvalue weighted by molar-refractivity contribution is 5.66. The third kappa shape index (κ3) is 8.56. The van der Waals surface area contributed by atoms with Crippen molar-refractivity contribution in [3.05, 3.63) is 23.8 Å². The molecule has 0 heterocycles. The highest BCUT2D eigenvalue weighted by Crippen LogP contribution is 2.15. The molecule has 0 aromatic carbocycles. The van der Waals surface area contributed by atoms with Gasteiger partial charge in [-0.15, -0.1) is 0 Å². The zero-order chi connectivity index (χ0) is 14.1. The third-order valence-corrected chi connectivity index (χ3v) is 2.38. The van der Waals surface area contributed by atoms with Crippen molar-refractivity contribution in [3.8, 4) is 0 Å². The molecule has 4 heteroatoms. The number of rotatable bonds is 7. The number of esters is 2. The monoisotopic (exact) mass is 254 g/mol. The molecule has 0 aliphatic rings. The molecular formula is C14H22O4. The Kier molecular flexibility index (Phi) is 7.76. The molecule has 0 aliphatic carbocycles. The molecule has 102 valence electrons. The molecule has 0 N–H and O–H groups in total. The van der Waals surface area contributed by atoms with Gasteiger partial charge in [0.05, 0.1) is 0 Å². The van der Waals surface area contributed by atoms with Crippen molar-refractivity contribution in [2.45, 2.75) is 46.6 Å². The predicted molar refractivity (Wildman–Crippen MR) is 70.0 cm³/mol. The number of hydrogen-bond acceptors (Lipinski definition) is 4. The van der Waals surface area contributed by atoms with Crippen LogP contribution in [0.3, 0.4) is 0 Å². The lowest BCUT2D eigenvalue weighted by Gasteiger charge is -2.17. The van der Waals surface area contributed by atoms with Crippen molar-refractivity contribution >= 4 is 11.9 Å². The summed E-state index contributed by atoms with van der Waals surface area (Å²) in [7, 11) is 0. The second kappa shape index (κ2) is 8.50. The van der Waals surface area contributed by atoms with Crippen molar-refractivity contribution in [1.82, 2.24) is 0 Å². The van der Waals surface area contributed by atoms with Crippen LogP contribution in [0.2, 0.25) is 0 Å². The van der Waals surface area contributed by atoms with Crippen LogP contribution in [0.4, 0.5) is 0 Å². The summed E-state index contributed by atoms with van der Waals surface area (Å²) < 4.78 is 9.97. The lowest BCUT2D eigenvalue weighted by molar-refractivity contribution is -0.145. The van der Waals surface area contributed by atoms with E-state index in [-0.39, 0.29) is 24.6 Å². The van der Waals surface area contributed by atoms with Gasteiger partial charge in [0.15, 0.2) is 0 Å². The van der Waals surface area contributed by atoms with Crippen LogP contribution in [0.15, 0.2) is 23.8 Å². The van der Waals surface area contributed by atoms with E-state index in [0.717, 1.165) is 17.6 Å². The van der Waals surface area contributed by atoms with E-state index in [1.165, 1.54) is 13.8 Å². The smallest absolute Gasteiger partial charge is 0.303 e. The molecule has 4 nitrogen and oxygen atoms in total. The summed E-state index contributed by atoms with van der Waals surface area (Å²) in [5.41, 5.74) is 1.92. The molecule has 0 rings (SSSR count). The fraction of sp³-hybridized carbons (Fsp3) is 0.571. The summed E-state index contributed by atoms with van der Waals surface area (Å²) in [6, 6.07) is 0. The minimum atomic E-state index is -0.301. The summed E-state index contributed by atoms with van der Waals surface area (Å²) in [6.45, 7) is 10.6. The van der Waals surface area contributed by atoms with Crippen LogP contribution in [0.5, 0.6) is 0 Å². The molecule has 0 fully saturated rings. The van der Waals surface area contributed by atoms with Gasteiger partial charge in [-0.05, 0) is 38.3 Å². The fourth-order valence-electron chi connectivity index (χ4n) is 1.37. The first kappa shape index (κ1) is 16.4. The van der Waals surface area contributed by atoms with Crippen LogP contribution in [0.1, 0.15) is 40.5 Å². The molecule has 0 aromatic heterocycles. The van der Waals surface area contributed by atoms with E-state index in [4.69, 9.17) is 9.47 Å². The quantitative estimate of drug-likeness (QED) is 0.518. The molecule has 0 spiro atoms. The number of ether oxygens (including phenoxy) is 2. The average Bonchev–Trinajstić information content (AvgIpc) is 2.22. The SMILES string of the molecule is C=C(C)C(CC/C(C)=C/COC(C)=O)OC(C)=O. The van der Waals surface area contributed by atoms with Crippen LogP contribution < -0.4 is 0 Å². The maximum Gasteiger partial charge on any atom is 0.303 e. The van der Waals surface area contributed by atoms with Gasteiger partial charge in [-0.25, -0.2) is 0 Å². The third-order valence-electron chi connectivity index (χ3n) is 2.38. The van der Waals surface area contributed by atoms with Crippen molar-refractivity contribution < 1.29 is 19.1 Å². The molecule has 0 aliphatic heterocycles. The summed E-state index contributed by atoms with van der Waals surface area (Å²) >= 11 is 0. The summed E-state index contributed by atoms with van der Waals surface area (Å²) in [5, 5.41) is 0. The normalized spacial score (nSPS) is 12.8. The van der Waals surface area contributed by atoms with E-state index in [1.807, 2.05) is 19.9 Å². The van der Waals surface area contributed by atoms with Crippen molar-refractivity contribution in [2.75, 3.05) is 6.61 Å². The second-order valence-corrected chi connectivity index (χ2v) is 4.34. The van der Waals surface area contributed by atoms with Gasteiger partial charge < -0.3 is 9.47 Å². The van der Waals surface area contributed by atoms with E-state index in [2.05, 4.69) is 6.58 Å². The lowest BCUT2D eigenvalue weighted by atomic mass is 10.0. The molecule has 0 saturated heterocycles. The Morgan fingerprint density at radius 3 is 2.22 bits per heavy atom. The molecule has 18 heavy (non-hydrogen) atoms. The second-order valence-electron chi connectivity index (χ2n) is 4.34. The first-order chi connectivity index (χ1) is 8.32. The number of allylic oxidation sites excluding steroid dienone is 1. The minimum Gasteiger partial charge on any atom is -0.462 e. The highest BCUT2D eigenvalue weighted by atomic mass is 16.5. The van der Waals surface area contributed by atoms with Gasteiger partial charge in [-0.2, -0.15) is 0 Å². The van der Waals surface area contributed by atoms with Gasteiger partial charge >= 0.3 is 11.9 Å².